The maximum absolute atomic E-state index is 12.8. The molecule has 0 aromatic carbocycles. The van der Waals surface area contributed by atoms with Gasteiger partial charge in [0.15, 0.2) is 0 Å². The van der Waals surface area contributed by atoms with E-state index in [1.165, 1.54) is 4.31 Å². The molecule has 0 unspecified atom stereocenters. The Morgan fingerprint density at radius 2 is 2.14 bits per heavy atom. The average Bonchev–Trinajstić information content (AvgIpc) is 2.87. The minimum atomic E-state index is -3.66. The maximum atomic E-state index is 12.8. The Bertz CT molecular complexity index is 697. The zero-order chi connectivity index (χ0) is 15.5. The molecule has 7 nitrogen and oxygen atoms in total. The normalized spacial score (nSPS) is 12.0. The third kappa shape index (κ3) is 3.12. The Morgan fingerprint density at radius 1 is 1.38 bits per heavy atom. The molecule has 0 saturated heterocycles. The van der Waals surface area contributed by atoms with Gasteiger partial charge in [-0.15, -0.1) is 0 Å². The number of nitrogens with zero attached hydrogens (tertiary/aromatic N) is 3. The molecule has 0 fully saturated rings. The highest BCUT2D eigenvalue weighted by molar-refractivity contribution is 7.89. The first kappa shape index (κ1) is 15.6. The van der Waals surface area contributed by atoms with E-state index in [4.69, 9.17) is 5.73 Å². The van der Waals surface area contributed by atoms with Gasteiger partial charge in [-0.25, -0.2) is 8.42 Å². The molecule has 2 rings (SSSR count). The van der Waals surface area contributed by atoms with E-state index in [0.29, 0.717) is 23.6 Å². The van der Waals surface area contributed by atoms with Gasteiger partial charge in [-0.1, -0.05) is 13.0 Å². The lowest BCUT2D eigenvalue weighted by atomic mass is 10.3. The first-order valence-corrected chi connectivity index (χ1v) is 8.08. The average molecular weight is 309 g/mol. The van der Waals surface area contributed by atoms with Crippen molar-refractivity contribution in [1.29, 1.82) is 0 Å². The number of sulfonamides is 1. The zero-order valence-corrected chi connectivity index (χ0v) is 12.9. The van der Waals surface area contributed by atoms with Gasteiger partial charge in [-0.3, -0.25) is 10.1 Å². The predicted molar refractivity (Wildman–Crippen MR) is 78.7 cm³/mol. The van der Waals surface area contributed by atoms with E-state index in [9.17, 15) is 8.42 Å². The summed E-state index contributed by atoms with van der Waals surface area (Å²) in [6.45, 7) is 4.09. The molecule has 3 N–H and O–H groups in total. The van der Waals surface area contributed by atoms with Gasteiger partial charge in [-0.2, -0.15) is 9.40 Å². The molecule has 2 aromatic rings. The number of nitrogens with two attached hydrogens (primary N) is 1. The lowest BCUT2D eigenvalue weighted by Crippen LogP contribution is -2.31. The van der Waals surface area contributed by atoms with Crippen molar-refractivity contribution in [1.82, 2.24) is 19.5 Å². The van der Waals surface area contributed by atoms with Crippen LogP contribution in [0.1, 0.15) is 24.0 Å². The minimum absolute atomic E-state index is 0.0695. The van der Waals surface area contributed by atoms with Crippen LogP contribution in [0.15, 0.2) is 29.3 Å². The maximum Gasteiger partial charge on any atom is 0.247 e. The molecule has 0 amide bonds. The zero-order valence-electron chi connectivity index (χ0n) is 12.1. The predicted octanol–water partition coefficient (Wildman–Crippen LogP) is 0.783. The van der Waals surface area contributed by atoms with Crippen LogP contribution in [-0.2, 0) is 23.1 Å². The van der Waals surface area contributed by atoms with E-state index in [-0.39, 0.29) is 18.0 Å². The summed E-state index contributed by atoms with van der Waals surface area (Å²) in [4.78, 5) is 4.34. The summed E-state index contributed by atoms with van der Waals surface area (Å²) in [5, 5.41) is 6.64. The molecular weight excluding hydrogens is 290 g/mol. The van der Waals surface area contributed by atoms with Crippen molar-refractivity contribution in [3.8, 4) is 0 Å². The molecule has 0 spiro atoms. The summed E-state index contributed by atoms with van der Waals surface area (Å²) in [7, 11) is -3.66. The van der Waals surface area contributed by atoms with Gasteiger partial charge in [0.2, 0.25) is 10.0 Å². The van der Waals surface area contributed by atoms with E-state index in [1.807, 2.05) is 6.07 Å². The summed E-state index contributed by atoms with van der Waals surface area (Å²) < 4.78 is 27.0. The second-order valence-electron chi connectivity index (χ2n) is 4.58. The quantitative estimate of drug-likeness (QED) is 0.820. The number of nitrogens with one attached hydrogen (secondary N) is 1. The molecule has 21 heavy (non-hydrogen) atoms. The topological polar surface area (TPSA) is 105 Å². The van der Waals surface area contributed by atoms with Crippen molar-refractivity contribution in [2.45, 2.75) is 31.8 Å². The van der Waals surface area contributed by atoms with E-state index in [1.54, 1.807) is 32.2 Å². The molecule has 0 aliphatic carbocycles. The highest BCUT2D eigenvalue weighted by atomic mass is 32.2. The Kier molecular flexibility index (Phi) is 4.71. The Labute approximate surface area is 124 Å². The van der Waals surface area contributed by atoms with Gasteiger partial charge in [0.25, 0.3) is 0 Å². The molecule has 0 atom stereocenters. The first-order valence-electron chi connectivity index (χ1n) is 6.64. The summed E-state index contributed by atoms with van der Waals surface area (Å²) in [5.74, 6) is 0. The summed E-state index contributed by atoms with van der Waals surface area (Å²) >= 11 is 0. The highest BCUT2D eigenvalue weighted by Gasteiger charge is 2.29. The van der Waals surface area contributed by atoms with Gasteiger partial charge >= 0.3 is 0 Å². The molecule has 2 heterocycles. The molecule has 0 radical (unpaired) electrons. The van der Waals surface area contributed by atoms with Crippen LogP contribution in [0.3, 0.4) is 0 Å². The van der Waals surface area contributed by atoms with E-state index in [0.717, 1.165) is 0 Å². The summed E-state index contributed by atoms with van der Waals surface area (Å²) in [6, 6.07) is 5.42. The number of aromatic nitrogens is 3. The summed E-state index contributed by atoms with van der Waals surface area (Å²) in [6.07, 6.45) is 1.64. The number of rotatable bonds is 6. The van der Waals surface area contributed by atoms with Crippen molar-refractivity contribution in [3.05, 3.63) is 41.5 Å². The largest absolute Gasteiger partial charge is 0.325 e. The van der Waals surface area contributed by atoms with Gasteiger partial charge < -0.3 is 5.73 Å². The number of aromatic amines is 1. The van der Waals surface area contributed by atoms with Crippen LogP contribution in [0, 0.1) is 6.92 Å². The fraction of sp³-hybridized carbons (Fsp3) is 0.385. The van der Waals surface area contributed by atoms with E-state index < -0.39 is 10.0 Å². The van der Waals surface area contributed by atoms with Crippen molar-refractivity contribution >= 4 is 10.0 Å². The number of hydrogen-bond donors (Lipinski definition) is 2. The summed E-state index contributed by atoms with van der Waals surface area (Å²) in [5.41, 5.74) is 7.12. The molecule has 114 valence electrons. The molecule has 0 aliphatic heterocycles. The smallest absolute Gasteiger partial charge is 0.247 e. The van der Waals surface area contributed by atoms with E-state index >= 15 is 0 Å². The lowest BCUT2D eigenvalue weighted by Gasteiger charge is -2.20. The SMILES string of the molecule is CCN(Cc1ccccn1)S(=O)(=O)c1c(CN)n[nH]c1C. The Balaban J connectivity index is 2.38. The molecular formula is C13H19N5O2S. The number of pyridine rings is 1. The Morgan fingerprint density at radius 3 is 2.71 bits per heavy atom. The van der Waals surface area contributed by atoms with Gasteiger partial charge in [-0.05, 0) is 19.1 Å². The Hall–Kier alpha value is -1.77. The van der Waals surface area contributed by atoms with Crippen LogP contribution in [0.5, 0.6) is 0 Å². The van der Waals surface area contributed by atoms with E-state index in [2.05, 4.69) is 15.2 Å². The molecule has 2 aromatic heterocycles. The second kappa shape index (κ2) is 6.33. The van der Waals surface area contributed by atoms with Crippen molar-refractivity contribution < 1.29 is 8.42 Å². The van der Waals surface area contributed by atoms with Crippen LogP contribution in [0.4, 0.5) is 0 Å². The van der Waals surface area contributed by atoms with Gasteiger partial charge in [0, 0.05) is 19.3 Å². The fourth-order valence-corrected chi connectivity index (χ4v) is 3.88. The van der Waals surface area contributed by atoms with Crippen molar-refractivity contribution in [2.24, 2.45) is 5.73 Å². The second-order valence-corrected chi connectivity index (χ2v) is 6.46. The molecule has 0 saturated carbocycles. The molecule has 0 bridgehead atoms. The minimum Gasteiger partial charge on any atom is -0.325 e. The fourth-order valence-electron chi connectivity index (χ4n) is 2.12. The number of hydrogen-bond acceptors (Lipinski definition) is 5. The molecule has 8 heteroatoms. The van der Waals surface area contributed by atoms with Crippen LogP contribution in [0.25, 0.3) is 0 Å². The van der Waals surface area contributed by atoms with Crippen LogP contribution in [-0.4, -0.2) is 34.4 Å². The number of aryl methyl sites for hydroxylation is 1. The standard InChI is InChI=1S/C13H19N5O2S/c1-3-18(9-11-6-4-5-7-15-11)21(19,20)13-10(2)16-17-12(13)8-14/h4-7H,3,8-9,14H2,1-2H3,(H,16,17). The first-order chi connectivity index (χ1) is 10.0. The van der Waals surface area contributed by atoms with Crippen LogP contribution in [0.2, 0.25) is 0 Å². The highest BCUT2D eigenvalue weighted by Crippen LogP contribution is 2.23. The monoisotopic (exact) mass is 309 g/mol. The third-order valence-electron chi connectivity index (χ3n) is 3.17. The van der Waals surface area contributed by atoms with Gasteiger partial charge in [0.05, 0.1) is 23.6 Å². The third-order valence-corrected chi connectivity index (χ3v) is 5.29. The molecule has 0 aliphatic rings. The van der Waals surface area contributed by atoms with Crippen LogP contribution >= 0.6 is 0 Å². The van der Waals surface area contributed by atoms with Crippen molar-refractivity contribution in [3.63, 3.8) is 0 Å². The van der Waals surface area contributed by atoms with Crippen LogP contribution < -0.4 is 5.73 Å². The van der Waals surface area contributed by atoms with Crippen molar-refractivity contribution in [2.75, 3.05) is 6.54 Å². The van der Waals surface area contributed by atoms with Gasteiger partial charge in [0.1, 0.15) is 4.90 Å². The lowest BCUT2D eigenvalue weighted by molar-refractivity contribution is 0.418. The number of H-pyrrole nitrogens is 1.